The Labute approximate surface area is 85.5 Å². The van der Waals surface area contributed by atoms with Crippen LogP contribution >= 0.6 is 0 Å². The molecule has 0 fully saturated rings. The highest BCUT2D eigenvalue weighted by molar-refractivity contribution is 5.32. The van der Waals surface area contributed by atoms with Crippen molar-refractivity contribution >= 4 is 0 Å². The number of ether oxygens (including phenoxy) is 1. The summed E-state index contributed by atoms with van der Waals surface area (Å²) in [5.41, 5.74) is 0.858. The minimum absolute atomic E-state index is 0.0395. The van der Waals surface area contributed by atoms with Gasteiger partial charge in [-0.3, -0.25) is 0 Å². The molecule has 1 aromatic carbocycles. The topological polar surface area (TPSA) is 29.5 Å². The van der Waals surface area contributed by atoms with Gasteiger partial charge in [0, 0.05) is 5.56 Å². The summed E-state index contributed by atoms with van der Waals surface area (Å²) >= 11 is 0. The van der Waals surface area contributed by atoms with E-state index in [0.29, 0.717) is 12.5 Å². The summed E-state index contributed by atoms with van der Waals surface area (Å²) in [6.07, 6.45) is 1.04. The zero-order valence-corrected chi connectivity index (χ0v) is 8.86. The highest BCUT2D eigenvalue weighted by Gasteiger charge is 2.01. The molecular formula is C12H18O2. The maximum absolute atomic E-state index is 9.05. The molecular weight excluding hydrogens is 176 g/mol. The maximum atomic E-state index is 9.05. The second kappa shape index (κ2) is 5.66. The van der Waals surface area contributed by atoms with Crippen molar-refractivity contribution in [3.63, 3.8) is 0 Å². The Balaban J connectivity index is 2.49. The van der Waals surface area contributed by atoms with E-state index < -0.39 is 0 Å². The molecule has 0 unspecified atom stereocenters. The molecule has 0 heterocycles. The number of hydrogen-bond donors (Lipinski definition) is 1. The minimum atomic E-state index is 0.0395. The van der Waals surface area contributed by atoms with Crippen molar-refractivity contribution in [3.05, 3.63) is 29.8 Å². The molecule has 2 heteroatoms. The first kappa shape index (κ1) is 11.1. The van der Waals surface area contributed by atoms with E-state index in [4.69, 9.17) is 9.84 Å². The van der Waals surface area contributed by atoms with Gasteiger partial charge in [0.15, 0.2) is 0 Å². The molecule has 14 heavy (non-hydrogen) atoms. The molecule has 0 aliphatic rings. The first-order valence-corrected chi connectivity index (χ1v) is 5.05. The molecule has 1 rings (SSSR count). The van der Waals surface area contributed by atoms with Crippen molar-refractivity contribution in [2.24, 2.45) is 5.92 Å². The Hall–Kier alpha value is -1.02. The Morgan fingerprint density at radius 1 is 1.29 bits per heavy atom. The Morgan fingerprint density at radius 2 is 2.00 bits per heavy atom. The van der Waals surface area contributed by atoms with Crippen LogP contribution in [0.4, 0.5) is 0 Å². The van der Waals surface area contributed by atoms with E-state index in [1.807, 2.05) is 24.3 Å². The second-order valence-corrected chi connectivity index (χ2v) is 3.80. The molecule has 0 atom stereocenters. The smallest absolute Gasteiger partial charge is 0.124 e. The van der Waals surface area contributed by atoms with Crippen LogP contribution in [0.15, 0.2) is 24.3 Å². The molecule has 0 saturated heterocycles. The van der Waals surface area contributed by atoms with Crippen molar-refractivity contribution < 1.29 is 9.84 Å². The monoisotopic (exact) mass is 194 g/mol. The fourth-order valence-electron chi connectivity index (χ4n) is 1.18. The van der Waals surface area contributed by atoms with Gasteiger partial charge in [0.05, 0.1) is 13.2 Å². The van der Waals surface area contributed by atoms with Crippen LogP contribution in [0.5, 0.6) is 5.75 Å². The maximum Gasteiger partial charge on any atom is 0.124 e. The highest BCUT2D eigenvalue weighted by atomic mass is 16.5. The molecule has 0 aliphatic heterocycles. The van der Waals surface area contributed by atoms with Crippen molar-refractivity contribution in [1.29, 1.82) is 0 Å². The number of para-hydroxylation sites is 1. The number of hydrogen-bond acceptors (Lipinski definition) is 2. The van der Waals surface area contributed by atoms with Gasteiger partial charge in [-0.25, -0.2) is 0 Å². The van der Waals surface area contributed by atoms with Gasteiger partial charge < -0.3 is 9.84 Å². The fraction of sp³-hybridized carbons (Fsp3) is 0.500. The van der Waals surface area contributed by atoms with E-state index in [2.05, 4.69) is 13.8 Å². The summed E-state index contributed by atoms with van der Waals surface area (Å²) in [7, 11) is 0. The van der Waals surface area contributed by atoms with Crippen LogP contribution in [0.2, 0.25) is 0 Å². The normalized spacial score (nSPS) is 10.6. The van der Waals surface area contributed by atoms with Gasteiger partial charge in [0.1, 0.15) is 5.75 Å². The number of benzene rings is 1. The average Bonchev–Trinajstić information content (AvgIpc) is 2.18. The van der Waals surface area contributed by atoms with Gasteiger partial charge in [-0.05, 0) is 18.4 Å². The molecule has 0 aromatic heterocycles. The molecule has 1 aromatic rings. The SMILES string of the molecule is CC(C)CCOc1ccccc1CO. The van der Waals surface area contributed by atoms with Gasteiger partial charge >= 0.3 is 0 Å². The van der Waals surface area contributed by atoms with Crippen LogP contribution in [-0.4, -0.2) is 11.7 Å². The largest absolute Gasteiger partial charge is 0.493 e. The van der Waals surface area contributed by atoms with Gasteiger partial charge in [-0.15, -0.1) is 0 Å². The zero-order chi connectivity index (χ0) is 10.4. The lowest BCUT2D eigenvalue weighted by Gasteiger charge is -2.10. The van der Waals surface area contributed by atoms with Crippen LogP contribution in [-0.2, 0) is 6.61 Å². The second-order valence-electron chi connectivity index (χ2n) is 3.80. The van der Waals surface area contributed by atoms with Crippen LogP contribution in [0.25, 0.3) is 0 Å². The van der Waals surface area contributed by atoms with Crippen LogP contribution in [0.1, 0.15) is 25.8 Å². The number of rotatable bonds is 5. The van der Waals surface area contributed by atoms with E-state index in [1.165, 1.54) is 0 Å². The predicted molar refractivity (Wildman–Crippen MR) is 57.3 cm³/mol. The Morgan fingerprint density at radius 3 is 2.64 bits per heavy atom. The lowest BCUT2D eigenvalue weighted by atomic mass is 10.1. The molecule has 0 bridgehead atoms. The minimum Gasteiger partial charge on any atom is -0.493 e. The van der Waals surface area contributed by atoms with Crippen molar-refractivity contribution in [3.8, 4) is 5.75 Å². The van der Waals surface area contributed by atoms with Crippen LogP contribution < -0.4 is 4.74 Å². The summed E-state index contributed by atoms with van der Waals surface area (Å²) < 4.78 is 5.58. The summed E-state index contributed by atoms with van der Waals surface area (Å²) in [6, 6.07) is 7.60. The molecule has 0 aliphatic carbocycles. The van der Waals surface area contributed by atoms with Crippen molar-refractivity contribution in [1.82, 2.24) is 0 Å². The zero-order valence-electron chi connectivity index (χ0n) is 8.86. The Kier molecular flexibility index (Phi) is 4.47. The first-order chi connectivity index (χ1) is 6.74. The van der Waals surface area contributed by atoms with Gasteiger partial charge in [-0.1, -0.05) is 32.0 Å². The molecule has 0 spiro atoms. The molecule has 0 amide bonds. The van der Waals surface area contributed by atoms with Gasteiger partial charge in [-0.2, -0.15) is 0 Å². The lowest BCUT2D eigenvalue weighted by molar-refractivity contribution is 0.255. The Bertz CT molecular complexity index is 269. The molecule has 0 saturated carbocycles. The van der Waals surface area contributed by atoms with Gasteiger partial charge in [0.2, 0.25) is 0 Å². The van der Waals surface area contributed by atoms with Gasteiger partial charge in [0.25, 0.3) is 0 Å². The molecule has 0 radical (unpaired) electrons. The third-order valence-corrected chi connectivity index (χ3v) is 2.10. The van der Waals surface area contributed by atoms with E-state index in [9.17, 15) is 0 Å². The first-order valence-electron chi connectivity index (χ1n) is 5.05. The highest BCUT2D eigenvalue weighted by Crippen LogP contribution is 2.18. The lowest BCUT2D eigenvalue weighted by Crippen LogP contribution is -2.03. The number of aliphatic hydroxyl groups is 1. The summed E-state index contributed by atoms with van der Waals surface area (Å²) in [5.74, 6) is 1.45. The van der Waals surface area contributed by atoms with E-state index >= 15 is 0 Å². The van der Waals surface area contributed by atoms with E-state index in [-0.39, 0.29) is 6.61 Å². The van der Waals surface area contributed by atoms with Crippen LogP contribution in [0, 0.1) is 5.92 Å². The summed E-state index contributed by atoms with van der Waals surface area (Å²) in [6.45, 7) is 5.09. The third-order valence-electron chi connectivity index (χ3n) is 2.10. The summed E-state index contributed by atoms with van der Waals surface area (Å²) in [5, 5.41) is 9.05. The summed E-state index contributed by atoms with van der Waals surface area (Å²) in [4.78, 5) is 0. The quantitative estimate of drug-likeness (QED) is 0.780. The third kappa shape index (κ3) is 3.38. The van der Waals surface area contributed by atoms with E-state index in [0.717, 1.165) is 17.7 Å². The predicted octanol–water partition coefficient (Wildman–Crippen LogP) is 2.60. The van der Waals surface area contributed by atoms with Crippen LogP contribution in [0.3, 0.4) is 0 Å². The molecule has 2 nitrogen and oxygen atoms in total. The fourth-order valence-corrected chi connectivity index (χ4v) is 1.18. The number of aliphatic hydroxyl groups excluding tert-OH is 1. The van der Waals surface area contributed by atoms with E-state index in [1.54, 1.807) is 0 Å². The molecule has 78 valence electrons. The van der Waals surface area contributed by atoms with Crippen molar-refractivity contribution in [2.45, 2.75) is 26.9 Å². The standard InChI is InChI=1S/C12H18O2/c1-10(2)7-8-14-12-6-4-3-5-11(12)9-13/h3-6,10,13H,7-9H2,1-2H3. The van der Waals surface area contributed by atoms with Crippen molar-refractivity contribution in [2.75, 3.05) is 6.61 Å². The average molecular weight is 194 g/mol. The molecule has 1 N–H and O–H groups in total.